The van der Waals surface area contributed by atoms with Crippen LogP contribution in [0.25, 0.3) is 0 Å². The number of rotatable bonds is 5. The molecule has 3 fully saturated rings. The number of carbonyl (C=O) groups is 1. The number of fused-ring (bicyclic) bond motifs is 4. The van der Waals surface area contributed by atoms with Gasteiger partial charge in [-0.25, -0.2) is 0 Å². The number of piperidine rings is 1. The minimum absolute atomic E-state index is 0.197. The summed E-state index contributed by atoms with van der Waals surface area (Å²) in [6.07, 6.45) is 4.89. The van der Waals surface area contributed by atoms with Gasteiger partial charge in [0.25, 0.3) is 0 Å². The van der Waals surface area contributed by atoms with Crippen LogP contribution < -0.4 is 5.73 Å². The molecule has 3 aliphatic heterocycles. The van der Waals surface area contributed by atoms with Crippen LogP contribution in [0.1, 0.15) is 25.0 Å². The van der Waals surface area contributed by atoms with Gasteiger partial charge in [-0.1, -0.05) is 6.07 Å². The van der Waals surface area contributed by atoms with E-state index in [1.807, 2.05) is 12.3 Å². The molecule has 0 unspecified atom stereocenters. The fourth-order valence-electron chi connectivity index (χ4n) is 3.62. The molecule has 0 aliphatic carbocycles. The Kier molecular flexibility index (Phi) is 4.51. The summed E-state index contributed by atoms with van der Waals surface area (Å²) < 4.78 is 0. The minimum Gasteiger partial charge on any atom is -0.370 e. The van der Waals surface area contributed by atoms with Crippen molar-refractivity contribution < 1.29 is 4.79 Å². The van der Waals surface area contributed by atoms with Crippen molar-refractivity contribution in [1.82, 2.24) is 14.8 Å². The molecule has 1 amide bonds. The van der Waals surface area contributed by atoms with E-state index in [4.69, 9.17) is 5.73 Å². The van der Waals surface area contributed by atoms with Crippen molar-refractivity contribution in [3.05, 3.63) is 30.1 Å². The second-order valence-electron chi connectivity index (χ2n) is 6.32. The molecule has 1 aromatic heterocycles. The van der Waals surface area contributed by atoms with E-state index in [0.29, 0.717) is 18.4 Å². The monoisotopic (exact) mass is 288 g/mol. The predicted molar refractivity (Wildman–Crippen MR) is 81.4 cm³/mol. The molecule has 4 rings (SSSR count). The highest BCUT2D eigenvalue weighted by Gasteiger charge is 2.34. The van der Waals surface area contributed by atoms with E-state index in [2.05, 4.69) is 26.9 Å². The summed E-state index contributed by atoms with van der Waals surface area (Å²) in [6.45, 7) is 5.04. The van der Waals surface area contributed by atoms with Crippen LogP contribution in [0.4, 0.5) is 0 Å². The number of hydrogen-bond donors (Lipinski definition) is 1. The molecule has 2 bridgehead atoms. The van der Waals surface area contributed by atoms with Gasteiger partial charge in [0.2, 0.25) is 5.91 Å². The third kappa shape index (κ3) is 3.80. The van der Waals surface area contributed by atoms with Crippen molar-refractivity contribution in [1.29, 1.82) is 0 Å². The molecule has 2 N–H and O–H groups in total. The van der Waals surface area contributed by atoms with Crippen LogP contribution in [0, 0.1) is 5.92 Å². The van der Waals surface area contributed by atoms with Crippen LogP contribution in [0.3, 0.4) is 0 Å². The normalized spacial score (nSPS) is 26.7. The van der Waals surface area contributed by atoms with Gasteiger partial charge < -0.3 is 10.6 Å². The topological polar surface area (TPSA) is 62.5 Å². The van der Waals surface area contributed by atoms with Crippen molar-refractivity contribution in [2.45, 2.75) is 31.8 Å². The first-order valence-electron chi connectivity index (χ1n) is 7.85. The molecule has 0 aromatic carbocycles. The molecule has 0 radical (unpaired) electrons. The summed E-state index contributed by atoms with van der Waals surface area (Å²) in [5, 5.41) is 0. The Morgan fingerprint density at radius 1 is 1.29 bits per heavy atom. The van der Waals surface area contributed by atoms with E-state index in [1.54, 1.807) is 0 Å². The molecular weight excluding hydrogens is 264 g/mol. The Morgan fingerprint density at radius 2 is 2.19 bits per heavy atom. The number of nitrogens with zero attached hydrogens (tertiary/aromatic N) is 3. The summed E-state index contributed by atoms with van der Waals surface area (Å²) in [5.41, 5.74) is 6.43. The molecule has 4 heterocycles. The first-order chi connectivity index (χ1) is 10.2. The van der Waals surface area contributed by atoms with Gasteiger partial charge in [-0.05, 0) is 30.9 Å². The highest BCUT2D eigenvalue weighted by Crippen LogP contribution is 2.28. The Bertz CT molecular complexity index is 478. The average molecular weight is 288 g/mol. The van der Waals surface area contributed by atoms with Crippen molar-refractivity contribution in [2.24, 2.45) is 11.7 Å². The lowest BCUT2D eigenvalue weighted by molar-refractivity contribution is -0.118. The molecule has 3 aliphatic rings. The molecule has 1 aromatic rings. The molecule has 3 saturated heterocycles. The molecule has 114 valence electrons. The third-order valence-electron chi connectivity index (χ3n) is 4.67. The Morgan fingerprint density at radius 3 is 2.95 bits per heavy atom. The highest BCUT2D eigenvalue weighted by molar-refractivity contribution is 5.73. The molecule has 0 saturated carbocycles. The van der Waals surface area contributed by atoms with Crippen molar-refractivity contribution in [3.63, 3.8) is 0 Å². The molecule has 21 heavy (non-hydrogen) atoms. The van der Waals surface area contributed by atoms with E-state index in [9.17, 15) is 4.79 Å². The van der Waals surface area contributed by atoms with Gasteiger partial charge in [0.15, 0.2) is 0 Å². The SMILES string of the molecule is NC(=O)CCN1C[C@H]2CC[C@@H](C1)N(Cc1ccccn1)C2. The summed E-state index contributed by atoms with van der Waals surface area (Å²) in [6, 6.07) is 6.70. The molecule has 5 nitrogen and oxygen atoms in total. The van der Waals surface area contributed by atoms with Crippen molar-refractivity contribution >= 4 is 5.91 Å². The van der Waals surface area contributed by atoms with Crippen LogP contribution in [-0.4, -0.2) is 52.9 Å². The highest BCUT2D eigenvalue weighted by atomic mass is 16.1. The van der Waals surface area contributed by atoms with Gasteiger partial charge in [0, 0.05) is 51.4 Å². The second kappa shape index (κ2) is 6.54. The summed E-state index contributed by atoms with van der Waals surface area (Å²) >= 11 is 0. The third-order valence-corrected chi connectivity index (χ3v) is 4.67. The molecular formula is C16H24N4O. The standard InChI is InChI=1S/C16H24N4O/c17-16(21)6-8-19-9-13-4-5-15(12-19)20(10-13)11-14-3-1-2-7-18-14/h1-3,7,13,15H,4-6,8-12H2,(H2,17,21)/t13-,15+/m1/s1. The first-order valence-corrected chi connectivity index (χ1v) is 7.85. The maximum Gasteiger partial charge on any atom is 0.218 e. The summed E-state index contributed by atoms with van der Waals surface area (Å²) in [4.78, 5) is 20.4. The second-order valence-corrected chi connectivity index (χ2v) is 6.32. The van der Waals surface area contributed by atoms with Crippen molar-refractivity contribution in [3.8, 4) is 0 Å². The number of hydrogen-bond acceptors (Lipinski definition) is 4. The van der Waals surface area contributed by atoms with Crippen LogP contribution >= 0.6 is 0 Å². The quantitative estimate of drug-likeness (QED) is 0.872. The van der Waals surface area contributed by atoms with E-state index >= 15 is 0 Å². The lowest BCUT2D eigenvalue weighted by Gasteiger charge is -2.35. The van der Waals surface area contributed by atoms with E-state index < -0.39 is 0 Å². The van der Waals surface area contributed by atoms with E-state index in [0.717, 1.165) is 38.4 Å². The van der Waals surface area contributed by atoms with Crippen LogP contribution in [0.2, 0.25) is 0 Å². The number of carbonyl (C=O) groups excluding carboxylic acids is 1. The van der Waals surface area contributed by atoms with Crippen LogP contribution in [0.5, 0.6) is 0 Å². The van der Waals surface area contributed by atoms with Gasteiger partial charge in [-0.15, -0.1) is 0 Å². The maximum atomic E-state index is 11.0. The number of aromatic nitrogens is 1. The minimum atomic E-state index is -0.197. The largest absolute Gasteiger partial charge is 0.370 e. The van der Waals surface area contributed by atoms with Gasteiger partial charge in [-0.2, -0.15) is 0 Å². The van der Waals surface area contributed by atoms with Gasteiger partial charge in [0.1, 0.15) is 0 Å². The number of primary amides is 1. The van der Waals surface area contributed by atoms with Gasteiger partial charge in [-0.3, -0.25) is 14.7 Å². The van der Waals surface area contributed by atoms with Crippen LogP contribution in [-0.2, 0) is 11.3 Å². The number of nitrogens with two attached hydrogens (primary N) is 1. The Balaban J connectivity index is 1.62. The number of amides is 1. The first kappa shape index (κ1) is 14.5. The summed E-state index contributed by atoms with van der Waals surface area (Å²) in [7, 11) is 0. The Labute approximate surface area is 126 Å². The Hall–Kier alpha value is -1.46. The molecule has 2 atom stereocenters. The smallest absolute Gasteiger partial charge is 0.218 e. The molecule has 5 heteroatoms. The van der Waals surface area contributed by atoms with Gasteiger partial charge >= 0.3 is 0 Å². The fourth-order valence-corrected chi connectivity index (χ4v) is 3.62. The van der Waals surface area contributed by atoms with Gasteiger partial charge in [0.05, 0.1) is 5.69 Å². The fraction of sp³-hybridized carbons (Fsp3) is 0.625. The van der Waals surface area contributed by atoms with Crippen molar-refractivity contribution in [2.75, 3.05) is 26.2 Å². The zero-order chi connectivity index (χ0) is 14.7. The van der Waals surface area contributed by atoms with E-state index in [1.165, 1.54) is 12.8 Å². The lowest BCUT2D eigenvalue weighted by Crippen LogP contribution is -2.43. The van der Waals surface area contributed by atoms with Crippen LogP contribution in [0.15, 0.2) is 24.4 Å². The predicted octanol–water partition coefficient (Wildman–Crippen LogP) is 0.853. The zero-order valence-corrected chi connectivity index (χ0v) is 12.4. The number of pyridine rings is 1. The average Bonchev–Trinajstić information content (AvgIpc) is 2.77. The summed E-state index contributed by atoms with van der Waals surface area (Å²) in [5.74, 6) is 0.511. The zero-order valence-electron chi connectivity index (χ0n) is 12.4. The maximum absolute atomic E-state index is 11.0. The molecule has 0 spiro atoms. The lowest BCUT2D eigenvalue weighted by atomic mass is 9.95. The van der Waals surface area contributed by atoms with E-state index in [-0.39, 0.29) is 5.91 Å².